The van der Waals surface area contributed by atoms with Gasteiger partial charge in [-0.1, -0.05) is 6.07 Å². The average Bonchev–Trinajstić information content (AvgIpc) is 2.90. The van der Waals surface area contributed by atoms with Gasteiger partial charge in [0.15, 0.2) is 0 Å². The zero-order valence-electron chi connectivity index (χ0n) is 11.9. The monoisotopic (exact) mass is 304 g/mol. The number of ether oxygens (including phenoxy) is 1. The first-order valence-electron chi connectivity index (χ1n) is 6.47. The van der Waals surface area contributed by atoms with Gasteiger partial charge < -0.3 is 10.1 Å². The van der Waals surface area contributed by atoms with Gasteiger partial charge in [-0.2, -0.15) is 0 Å². The molecule has 0 saturated carbocycles. The first-order valence-corrected chi connectivity index (χ1v) is 7.35. The quantitative estimate of drug-likeness (QED) is 0.862. The molecule has 1 N–H and O–H groups in total. The maximum atomic E-state index is 11.9. The van der Waals surface area contributed by atoms with E-state index in [0.29, 0.717) is 24.1 Å². The van der Waals surface area contributed by atoms with Crippen molar-refractivity contribution in [1.29, 1.82) is 0 Å². The number of methoxy groups -OCH3 is 1. The van der Waals surface area contributed by atoms with Crippen LogP contribution in [0.3, 0.4) is 0 Å². The molecule has 1 heterocycles. The minimum absolute atomic E-state index is 0.107. The van der Waals surface area contributed by atoms with Crippen LogP contribution in [0.2, 0.25) is 0 Å². The summed E-state index contributed by atoms with van der Waals surface area (Å²) in [5.74, 6) is -0.533. The van der Waals surface area contributed by atoms with Crippen LogP contribution < -0.4 is 5.32 Å². The molecule has 0 aliphatic heterocycles. The molecule has 0 atom stereocenters. The topological polar surface area (TPSA) is 68.3 Å². The highest BCUT2D eigenvalue weighted by Crippen LogP contribution is 2.14. The first-order chi connectivity index (χ1) is 10.1. The van der Waals surface area contributed by atoms with Crippen LogP contribution in [-0.2, 0) is 16.0 Å². The second-order valence-corrected chi connectivity index (χ2v) is 5.45. The molecule has 0 aliphatic carbocycles. The van der Waals surface area contributed by atoms with Crippen LogP contribution in [0.5, 0.6) is 0 Å². The normalized spacial score (nSPS) is 10.2. The Bertz CT molecular complexity index is 652. The van der Waals surface area contributed by atoms with Crippen LogP contribution in [0, 0.1) is 6.92 Å². The Hall–Kier alpha value is -2.21. The van der Waals surface area contributed by atoms with Crippen molar-refractivity contribution in [2.45, 2.75) is 19.8 Å². The van der Waals surface area contributed by atoms with Gasteiger partial charge in [0, 0.05) is 29.6 Å². The minimum atomic E-state index is -0.427. The van der Waals surface area contributed by atoms with E-state index in [4.69, 9.17) is 0 Å². The van der Waals surface area contributed by atoms with Crippen molar-refractivity contribution in [1.82, 2.24) is 4.98 Å². The Morgan fingerprint density at radius 1 is 1.38 bits per heavy atom. The Morgan fingerprint density at radius 3 is 2.86 bits per heavy atom. The van der Waals surface area contributed by atoms with Crippen molar-refractivity contribution in [3.8, 4) is 0 Å². The summed E-state index contributed by atoms with van der Waals surface area (Å²) in [5.41, 5.74) is 1.96. The number of rotatable bonds is 5. The van der Waals surface area contributed by atoms with Crippen molar-refractivity contribution in [3.05, 3.63) is 45.9 Å². The fourth-order valence-corrected chi connectivity index (χ4v) is 2.58. The standard InChI is InChI=1S/C15H16N2O3S/c1-10-9-21-14(16-10)7-6-13(18)17-12-5-3-4-11(8-12)15(19)20-2/h3-5,8-9H,6-7H2,1-2H3,(H,17,18). The Balaban J connectivity index is 1.91. The molecular weight excluding hydrogens is 288 g/mol. The summed E-state index contributed by atoms with van der Waals surface area (Å²) in [5, 5.41) is 5.68. The SMILES string of the molecule is COC(=O)c1cccc(NC(=O)CCc2nc(C)cs2)c1. The van der Waals surface area contributed by atoms with Crippen LogP contribution >= 0.6 is 11.3 Å². The first kappa shape index (κ1) is 15.2. The summed E-state index contributed by atoms with van der Waals surface area (Å²) in [6.45, 7) is 1.93. The molecule has 1 amide bonds. The van der Waals surface area contributed by atoms with E-state index < -0.39 is 5.97 Å². The molecule has 0 bridgehead atoms. The highest BCUT2D eigenvalue weighted by atomic mass is 32.1. The highest BCUT2D eigenvalue weighted by molar-refractivity contribution is 7.09. The summed E-state index contributed by atoms with van der Waals surface area (Å²) < 4.78 is 4.65. The lowest BCUT2D eigenvalue weighted by Gasteiger charge is -2.06. The molecule has 2 rings (SSSR count). The number of esters is 1. The number of nitrogens with one attached hydrogen (secondary N) is 1. The second kappa shape index (κ2) is 6.99. The zero-order chi connectivity index (χ0) is 15.2. The fraction of sp³-hybridized carbons (Fsp3) is 0.267. The van der Waals surface area contributed by atoms with Gasteiger partial charge in [-0.05, 0) is 25.1 Å². The van der Waals surface area contributed by atoms with E-state index >= 15 is 0 Å². The summed E-state index contributed by atoms with van der Waals surface area (Å²) >= 11 is 1.55. The van der Waals surface area contributed by atoms with Crippen LogP contribution in [0.1, 0.15) is 27.5 Å². The van der Waals surface area contributed by atoms with Gasteiger partial charge in [0.2, 0.25) is 5.91 Å². The fourth-order valence-electron chi connectivity index (χ4n) is 1.80. The van der Waals surface area contributed by atoms with E-state index in [1.165, 1.54) is 7.11 Å². The average molecular weight is 304 g/mol. The predicted molar refractivity (Wildman–Crippen MR) is 81.6 cm³/mol. The van der Waals surface area contributed by atoms with Crippen LogP contribution in [0.25, 0.3) is 0 Å². The number of carbonyl (C=O) groups is 2. The van der Waals surface area contributed by atoms with E-state index in [1.54, 1.807) is 35.6 Å². The molecule has 21 heavy (non-hydrogen) atoms. The van der Waals surface area contributed by atoms with Gasteiger partial charge in [-0.3, -0.25) is 4.79 Å². The maximum absolute atomic E-state index is 11.9. The van der Waals surface area contributed by atoms with E-state index in [-0.39, 0.29) is 5.91 Å². The lowest BCUT2D eigenvalue weighted by molar-refractivity contribution is -0.116. The maximum Gasteiger partial charge on any atom is 0.337 e. The predicted octanol–water partition coefficient (Wildman–Crippen LogP) is 2.81. The Labute approximate surface area is 127 Å². The molecule has 6 heteroatoms. The minimum Gasteiger partial charge on any atom is -0.465 e. The third-order valence-corrected chi connectivity index (χ3v) is 3.83. The molecule has 0 saturated heterocycles. The smallest absolute Gasteiger partial charge is 0.337 e. The molecule has 0 aliphatic rings. The number of hydrogen-bond acceptors (Lipinski definition) is 5. The van der Waals surface area contributed by atoms with Crippen molar-refractivity contribution in [2.75, 3.05) is 12.4 Å². The molecule has 0 spiro atoms. The summed E-state index contributed by atoms with van der Waals surface area (Å²) in [4.78, 5) is 27.6. The van der Waals surface area contributed by atoms with Crippen LogP contribution in [0.4, 0.5) is 5.69 Å². The van der Waals surface area contributed by atoms with Crippen LogP contribution in [-0.4, -0.2) is 24.0 Å². The highest BCUT2D eigenvalue weighted by Gasteiger charge is 2.08. The summed E-state index contributed by atoms with van der Waals surface area (Å²) in [6, 6.07) is 6.67. The molecule has 0 unspecified atom stereocenters. The number of aromatic nitrogens is 1. The molecular formula is C15H16N2O3S. The molecule has 2 aromatic rings. The van der Waals surface area contributed by atoms with Crippen molar-refractivity contribution < 1.29 is 14.3 Å². The van der Waals surface area contributed by atoms with Crippen molar-refractivity contribution >= 4 is 28.9 Å². The number of hydrogen-bond donors (Lipinski definition) is 1. The van der Waals surface area contributed by atoms with E-state index in [2.05, 4.69) is 15.0 Å². The zero-order valence-corrected chi connectivity index (χ0v) is 12.7. The number of nitrogens with zero attached hydrogens (tertiary/aromatic N) is 1. The number of aryl methyl sites for hydroxylation is 2. The van der Waals surface area contributed by atoms with Crippen molar-refractivity contribution in [2.24, 2.45) is 0 Å². The number of thiazole rings is 1. The van der Waals surface area contributed by atoms with E-state index in [9.17, 15) is 9.59 Å². The summed E-state index contributed by atoms with van der Waals surface area (Å²) in [6.07, 6.45) is 0.969. The van der Waals surface area contributed by atoms with Gasteiger partial charge in [0.1, 0.15) is 0 Å². The lowest BCUT2D eigenvalue weighted by Crippen LogP contribution is -2.13. The Morgan fingerprint density at radius 2 is 2.19 bits per heavy atom. The van der Waals surface area contributed by atoms with Gasteiger partial charge in [0.25, 0.3) is 0 Å². The van der Waals surface area contributed by atoms with Gasteiger partial charge in [0.05, 0.1) is 17.7 Å². The lowest BCUT2D eigenvalue weighted by atomic mass is 10.2. The van der Waals surface area contributed by atoms with E-state index in [0.717, 1.165) is 10.7 Å². The molecule has 110 valence electrons. The Kier molecular flexibility index (Phi) is 5.05. The third-order valence-electron chi connectivity index (χ3n) is 2.80. The third kappa shape index (κ3) is 4.39. The molecule has 0 radical (unpaired) electrons. The molecule has 1 aromatic carbocycles. The van der Waals surface area contributed by atoms with Crippen molar-refractivity contribution in [3.63, 3.8) is 0 Å². The van der Waals surface area contributed by atoms with Crippen LogP contribution in [0.15, 0.2) is 29.6 Å². The van der Waals surface area contributed by atoms with Gasteiger partial charge >= 0.3 is 5.97 Å². The number of amides is 1. The second-order valence-electron chi connectivity index (χ2n) is 4.50. The summed E-state index contributed by atoms with van der Waals surface area (Å²) in [7, 11) is 1.32. The van der Waals surface area contributed by atoms with E-state index in [1.807, 2.05) is 12.3 Å². The molecule has 0 fully saturated rings. The van der Waals surface area contributed by atoms with Gasteiger partial charge in [-0.25, -0.2) is 9.78 Å². The molecule has 1 aromatic heterocycles. The molecule has 5 nitrogen and oxygen atoms in total. The number of benzene rings is 1. The number of anilines is 1. The largest absolute Gasteiger partial charge is 0.465 e. The number of carbonyl (C=O) groups excluding carboxylic acids is 2. The van der Waals surface area contributed by atoms with Gasteiger partial charge in [-0.15, -0.1) is 11.3 Å².